The van der Waals surface area contributed by atoms with Crippen LogP contribution in [0.15, 0.2) is 51.5 Å². The number of ether oxygens (including phenoxy) is 1. The number of aromatic nitrogens is 1. The second-order valence-corrected chi connectivity index (χ2v) is 7.77. The first kappa shape index (κ1) is 21.5. The molecule has 3 aromatic rings. The van der Waals surface area contributed by atoms with E-state index in [4.69, 9.17) is 13.6 Å². The molecule has 1 fully saturated rings. The summed E-state index contributed by atoms with van der Waals surface area (Å²) in [5.41, 5.74) is 1.29. The lowest BCUT2D eigenvalue weighted by molar-refractivity contribution is -0.126. The summed E-state index contributed by atoms with van der Waals surface area (Å²) in [5.74, 6) is 1.96. The van der Waals surface area contributed by atoms with E-state index in [9.17, 15) is 10.1 Å². The van der Waals surface area contributed by atoms with Crippen LogP contribution in [0.3, 0.4) is 0 Å². The van der Waals surface area contributed by atoms with Gasteiger partial charge in [-0.15, -0.1) is 0 Å². The SMILES string of the molecule is CCC(NC(=O)C1CCN(c2oc(-c3ccco3)nc2C#N)CC1)c1ccc(OC)cc1. The van der Waals surface area contributed by atoms with Gasteiger partial charge in [0.25, 0.3) is 5.89 Å². The van der Waals surface area contributed by atoms with Crippen LogP contribution in [-0.2, 0) is 4.79 Å². The molecule has 1 aliphatic heterocycles. The third-order valence-electron chi connectivity index (χ3n) is 5.84. The standard InChI is InChI=1S/C24H26N4O4/c1-3-19(16-6-8-18(30-2)9-7-16)26-22(29)17-10-12-28(13-11-17)24-20(15-25)27-23(32-24)21-5-4-14-31-21/h4-9,14,17,19H,3,10-13H2,1-2H3,(H,26,29). The molecule has 2 aromatic heterocycles. The van der Waals surface area contributed by atoms with Gasteiger partial charge in [0, 0.05) is 19.0 Å². The van der Waals surface area contributed by atoms with Gasteiger partial charge in [0.1, 0.15) is 11.8 Å². The van der Waals surface area contributed by atoms with Crippen LogP contribution in [0.2, 0.25) is 0 Å². The Balaban J connectivity index is 1.38. The average molecular weight is 434 g/mol. The minimum absolute atomic E-state index is 0.0400. The van der Waals surface area contributed by atoms with Crippen molar-refractivity contribution in [1.29, 1.82) is 5.26 Å². The number of nitrogens with zero attached hydrogens (tertiary/aromatic N) is 3. The zero-order valence-corrected chi connectivity index (χ0v) is 18.2. The number of piperidine rings is 1. The maximum absolute atomic E-state index is 12.9. The van der Waals surface area contributed by atoms with Gasteiger partial charge >= 0.3 is 0 Å². The average Bonchev–Trinajstić information content (AvgIpc) is 3.52. The van der Waals surface area contributed by atoms with Crippen molar-refractivity contribution in [2.45, 2.75) is 32.2 Å². The Hall–Kier alpha value is -3.73. The molecule has 166 valence electrons. The number of carbonyl (C=O) groups excluding carboxylic acids is 1. The molecule has 1 aromatic carbocycles. The molecule has 1 atom stereocenters. The molecule has 0 bridgehead atoms. The molecule has 1 unspecified atom stereocenters. The highest BCUT2D eigenvalue weighted by Crippen LogP contribution is 2.31. The summed E-state index contributed by atoms with van der Waals surface area (Å²) >= 11 is 0. The van der Waals surface area contributed by atoms with Crippen LogP contribution in [0.25, 0.3) is 11.7 Å². The lowest BCUT2D eigenvalue weighted by Gasteiger charge is -2.32. The van der Waals surface area contributed by atoms with Gasteiger partial charge < -0.3 is 23.8 Å². The minimum Gasteiger partial charge on any atom is -0.497 e. The van der Waals surface area contributed by atoms with E-state index in [0.29, 0.717) is 37.6 Å². The smallest absolute Gasteiger partial charge is 0.266 e. The van der Waals surface area contributed by atoms with E-state index in [-0.39, 0.29) is 29.5 Å². The second-order valence-electron chi connectivity index (χ2n) is 7.77. The van der Waals surface area contributed by atoms with Crippen LogP contribution < -0.4 is 15.0 Å². The molecule has 0 aliphatic carbocycles. The third-order valence-corrected chi connectivity index (χ3v) is 5.84. The second kappa shape index (κ2) is 9.60. The molecule has 4 rings (SSSR count). The number of amides is 1. The Labute approximate surface area is 186 Å². The molecular weight excluding hydrogens is 408 g/mol. The Morgan fingerprint density at radius 3 is 2.66 bits per heavy atom. The Bertz CT molecular complexity index is 1070. The molecule has 32 heavy (non-hydrogen) atoms. The zero-order chi connectivity index (χ0) is 22.5. The predicted molar refractivity (Wildman–Crippen MR) is 118 cm³/mol. The van der Waals surface area contributed by atoms with E-state index < -0.39 is 0 Å². The van der Waals surface area contributed by atoms with Crippen molar-refractivity contribution in [3.05, 3.63) is 53.9 Å². The highest BCUT2D eigenvalue weighted by Gasteiger charge is 2.30. The van der Waals surface area contributed by atoms with Crippen LogP contribution in [-0.4, -0.2) is 31.1 Å². The minimum atomic E-state index is -0.0865. The number of furan rings is 1. The number of oxazole rings is 1. The lowest BCUT2D eigenvalue weighted by Crippen LogP contribution is -2.41. The highest BCUT2D eigenvalue weighted by atomic mass is 16.5. The van der Waals surface area contributed by atoms with Gasteiger partial charge in [0.2, 0.25) is 17.5 Å². The molecule has 1 saturated heterocycles. The topological polar surface area (TPSA) is 105 Å². The number of rotatable bonds is 7. The Morgan fingerprint density at radius 1 is 1.31 bits per heavy atom. The number of nitrogens with one attached hydrogen (secondary N) is 1. The maximum atomic E-state index is 12.9. The van der Waals surface area contributed by atoms with Crippen molar-refractivity contribution >= 4 is 11.8 Å². The van der Waals surface area contributed by atoms with E-state index in [1.54, 1.807) is 19.2 Å². The molecular formula is C24H26N4O4. The number of anilines is 1. The molecule has 1 N–H and O–H groups in total. The zero-order valence-electron chi connectivity index (χ0n) is 18.2. The summed E-state index contributed by atoms with van der Waals surface area (Å²) in [5, 5.41) is 12.7. The number of carbonyl (C=O) groups is 1. The number of methoxy groups -OCH3 is 1. The largest absolute Gasteiger partial charge is 0.497 e. The van der Waals surface area contributed by atoms with Gasteiger partial charge in [-0.1, -0.05) is 19.1 Å². The summed E-state index contributed by atoms with van der Waals surface area (Å²) in [7, 11) is 1.64. The first-order valence-electron chi connectivity index (χ1n) is 10.8. The third kappa shape index (κ3) is 4.47. The first-order chi connectivity index (χ1) is 15.6. The van der Waals surface area contributed by atoms with Crippen molar-refractivity contribution in [1.82, 2.24) is 10.3 Å². The molecule has 0 saturated carbocycles. The van der Waals surface area contributed by atoms with Gasteiger partial charge in [-0.3, -0.25) is 4.79 Å². The van der Waals surface area contributed by atoms with Crippen molar-refractivity contribution < 1.29 is 18.4 Å². The first-order valence-corrected chi connectivity index (χ1v) is 10.8. The number of benzene rings is 1. The van der Waals surface area contributed by atoms with Crippen molar-refractivity contribution in [3.8, 4) is 23.5 Å². The van der Waals surface area contributed by atoms with Crippen LogP contribution in [0.5, 0.6) is 5.75 Å². The fraction of sp³-hybridized carbons (Fsp3) is 0.375. The molecule has 1 aliphatic rings. The van der Waals surface area contributed by atoms with Gasteiger partial charge in [-0.2, -0.15) is 10.2 Å². The van der Waals surface area contributed by atoms with E-state index in [2.05, 4.69) is 23.3 Å². The van der Waals surface area contributed by atoms with Crippen LogP contribution in [0.1, 0.15) is 43.5 Å². The van der Waals surface area contributed by atoms with Gasteiger partial charge in [-0.25, -0.2) is 0 Å². The van der Waals surface area contributed by atoms with Gasteiger partial charge in [-0.05, 0) is 49.1 Å². The van der Waals surface area contributed by atoms with Gasteiger partial charge in [0.05, 0.1) is 19.4 Å². The summed E-state index contributed by atoms with van der Waals surface area (Å²) in [4.78, 5) is 19.2. The van der Waals surface area contributed by atoms with Crippen LogP contribution in [0.4, 0.5) is 5.88 Å². The molecule has 0 radical (unpaired) electrons. The summed E-state index contributed by atoms with van der Waals surface area (Å²) in [6.45, 7) is 3.28. The normalized spacial score (nSPS) is 15.2. The maximum Gasteiger partial charge on any atom is 0.266 e. The van der Waals surface area contributed by atoms with Crippen LogP contribution in [0, 0.1) is 17.2 Å². The Kier molecular flexibility index (Phi) is 6.45. The molecule has 1 amide bonds. The summed E-state index contributed by atoms with van der Waals surface area (Å²) < 4.78 is 16.4. The fourth-order valence-corrected chi connectivity index (χ4v) is 4.00. The lowest BCUT2D eigenvalue weighted by atomic mass is 9.94. The molecule has 8 heteroatoms. The molecule has 8 nitrogen and oxygen atoms in total. The summed E-state index contributed by atoms with van der Waals surface area (Å²) in [6.07, 6.45) is 3.68. The fourth-order valence-electron chi connectivity index (χ4n) is 4.00. The van der Waals surface area contributed by atoms with Crippen LogP contribution >= 0.6 is 0 Å². The van der Waals surface area contributed by atoms with E-state index >= 15 is 0 Å². The highest BCUT2D eigenvalue weighted by molar-refractivity contribution is 5.79. The number of hydrogen-bond donors (Lipinski definition) is 1. The molecule has 0 spiro atoms. The van der Waals surface area contributed by atoms with E-state index in [1.807, 2.05) is 29.2 Å². The number of hydrogen-bond acceptors (Lipinski definition) is 7. The number of nitriles is 1. The monoisotopic (exact) mass is 434 g/mol. The molecule has 3 heterocycles. The quantitative estimate of drug-likeness (QED) is 0.591. The summed E-state index contributed by atoms with van der Waals surface area (Å²) in [6, 6.07) is 13.3. The van der Waals surface area contributed by atoms with E-state index in [1.165, 1.54) is 6.26 Å². The van der Waals surface area contributed by atoms with Crippen molar-refractivity contribution in [2.24, 2.45) is 5.92 Å². The predicted octanol–water partition coefficient (Wildman–Crippen LogP) is 4.30. The van der Waals surface area contributed by atoms with E-state index in [0.717, 1.165) is 17.7 Å². The van der Waals surface area contributed by atoms with Crippen molar-refractivity contribution in [2.75, 3.05) is 25.1 Å². The van der Waals surface area contributed by atoms with Gasteiger partial charge in [0.15, 0.2) is 5.76 Å². The Morgan fingerprint density at radius 2 is 2.06 bits per heavy atom. The van der Waals surface area contributed by atoms with Crippen molar-refractivity contribution in [3.63, 3.8) is 0 Å².